The summed E-state index contributed by atoms with van der Waals surface area (Å²) in [4.78, 5) is 40.3. The highest BCUT2D eigenvalue weighted by Crippen LogP contribution is 2.39. The summed E-state index contributed by atoms with van der Waals surface area (Å²) in [5.74, 6) is -0.850. The summed E-state index contributed by atoms with van der Waals surface area (Å²) in [5.41, 5.74) is 1.63. The second-order valence-electron chi connectivity index (χ2n) is 9.27. The lowest BCUT2D eigenvalue weighted by molar-refractivity contribution is -0.119. The first-order valence-electron chi connectivity index (χ1n) is 11.1. The zero-order valence-corrected chi connectivity index (χ0v) is 20.6. The Morgan fingerprint density at radius 2 is 2.03 bits per heavy atom. The lowest BCUT2D eigenvalue weighted by Crippen LogP contribution is -2.36. The highest BCUT2D eigenvalue weighted by Gasteiger charge is 2.30. The van der Waals surface area contributed by atoms with Crippen molar-refractivity contribution in [2.75, 3.05) is 11.9 Å². The molecular formula is C23H29N5O4S. The van der Waals surface area contributed by atoms with Crippen molar-refractivity contribution in [3.63, 3.8) is 0 Å². The molecule has 33 heavy (non-hydrogen) atoms. The van der Waals surface area contributed by atoms with Crippen molar-refractivity contribution >= 4 is 39.1 Å². The molecule has 176 valence electrons. The zero-order valence-electron chi connectivity index (χ0n) is 19.8. The fraction of sp³-hybridized carbons (Fsp3) is 0.522. The number of carbonyl (C=O) groups excluding carboxylic acids is 2. The second-order valence-corrected chi connectivity index (χ2v) is 10.4. The first-order chi connectivity index (χ1) is 15.5. The van der Waals surface area contributed by atoms with Crippen LogP contribution in [0.5, 0.6) is 0 Å². The number of aromatic nitrogens is 4. The molecule has 1 unspecified atom stereocenters. The van der Waals surface area contributed by atoms with Crippen LogP contribution in [0.4, 0.5) is 5.00 Å². The Morgan fingerprint density at radius 3 is 2.70 bits per heavy atom. The maximum absolute atomic E-state index is 13.4. The van der Waals surface area contributed by atoms with Crippen LogP contribution in [0.2, 0.25) is 0 Å². The van der Waals surface area contributed by atoms with Crippen LogP contribution < -0.4 is 10.9 Å². The summed E-state index contributed by atoms with van der Waals surface area (Å²) < 4.78 is 8.10. The molecule has 1 N–H and O–H groups in total. The van der Waals surface area contributed by atoms with E-state index in [2.05, 4.69) is 15.5 Å². The van der Waals surface area contributed by atoms with Crippen molar-refractivity contribution in [2.45, 2.75) is 72.4 Å². The fourth-order valence-corrected chi connectivity index (χ4v) is 5.48. The van der Waals surface area contributed by atoms with Gasteiger partial charge in [-0.3, -0.25) is 14.3 Å². The minimum absolute atomic E-state index is 0.257. The van der Waals surface area contributed by atoms with Gasteiger partial charge in [0, 0.05) is 10.3 Å². The molecule has 0 aliphatic heterocycles. The number of nitrogens with one attached hydrogen (secondary N) is 1. The molecule has 1 aliphatic rings. The lowest BCUT2D eigenvalue weighted by atomic mass is 10.1. The largest absolute Gasteiger partial charge is 0.462 e. The molecule has 10 heteroatoms. The Bertz CT molecular complexity index is 1310. The average molecular weight is 472 g/mol. The van der Waals surface area contributed by atoms with E-state index in [9.17, 15) is 14.4 Å². The Hall–Kier alpha value is -3.01. The van der Waals surface area contributed by atoms with Crippen molar-refractivity contribution in [2.24, 2.45) is 0 Å². The first kappa shape index (κ1) is 23.2. The summed E-state index contributed by atoms with van der Waals surface area (Å²) in [7, 11) is 0. The molecule has 3 aromatic heterocycles. The van der Waals surface area contributed by atoms with E-state index in [4.69, 9.17) is 4.74 Å². The molecule has 9 nitrogen and oxygen atoms in total. The van der Waals surface area contributed by atoms with Crippen LogP contribution in [0.3, 0.4) is 0 Å². The Morgan fingerprint density at radius 1 is 1.30 bits per heavy atom. The number of ether oxygens (including phenoxy) is 1. The van der Waals surface area contributed by atoms with Gasteiger partial charge in [0.25, 0.3) is 5.56 Å². The molecule has 4 rings (SSSR count). The van der Waals surface area contributed by atoms with Gasteiger partial charge >= 0.3 is 5.97 Å². The second kappa shape index (κ2) is 8.40. The van der Waals surface area contributed by atoms with Crippen molar-refractivity contribution in [3.05, 3.63) is 38.2 Å². The van der Waals surface area contributed by atoms with E-state index in [-0.39, 0.29) is 12.2 Å². The van der Waals surface area contributed by atoms with E-state index in [0.717, 1.165) is 29.7 Å². The predicted octanol–water partition coefficient (Wildman–Crippen LogP) is 3.58. The van der Waals surface area contributed by atoms with Gasteiger partial charge in [0.2, 0.25) is 5.91 Å². The van der Waals surface area contributed by atoms with Crippen LogP contribution in [-0.4, -0.2) is 38.0 Å². The van der Waals surface area contributed by atoms with Crippen LogP contribution in [0, 0.1) is 6.92 Å². The third kappa shape index (κ3) is 3.96. The minimum atomic E-state index is -0.893. The predicted molar refractivity (Wildman–Crippen MR) is 127 cm³/mol. The van der Waals surface area contributed by atoms with Gasteiger partial charge in [0.05, 0.1) is 29.6 Å². The first-order valence-corrected chi connectivity index (χ1v) is 12.0. The zero-order chi connectivity index (χ0) is 24.1. The maximum atomic E-state index is 13.4. The average Bonchev–Trinajstić information content (AvgIpc) is 3.44. The van der Waals surface area contributed by atoms with E-state index in [1.165, 1.54) is 16.0 Å². The Labute approximate surface area is 195 Å². The third-order valence-corrected chi connectivity index (χ3v) is 7.05. The molecule has 1 aliphatic carbocycles. The van der Waals surface area contributed by atoms with E-state index in [1.807, 2.05) is 20.8 Å². The molecule has 1 atom stereocenters. The molecule has 3 heterocycles. The van der Waals surface area contributed by atoms with Crippen molar-refractivity contribution in [1.82, 2.24) is 19.6 Å². The summed E-state index contributed by atoms with van der Waals surface area (Å²) in [5, 5.41) is 12.8. The van der Waals surface area contributed by atoms with Crippen LogP contribution in [0.1, 0.15) is 73.6 Å². The molecular weight excluding hydrogens is 442 g/mol. The van der Waals surface area contributed by atoms with Crippen molar-refractivity contribution in [1.29, 1.82) is 0 Å². The highest BCUT2D eigenvalue weighted by atomic mass is 32.1. The number of aryl methyl sites for hydroxylation is 2. The van der Waals surface area contributed by atoms with Gasteiger partial charge in [-0.05, 0) is 66.4 Å². The number of nitrogens with zero attached hydrogens (tertiary/aromatic N) is 4. The maximum Gasteiger partial charge on any atom is 0.341 e. The molecule has 0 spiro atoms. The number of thiophene rings is 1. The summed E-state index contributed by atoms with van der Waals surface area (Å²) in [6.45, 7) is 11.3. The Kier molecular flexibility index (Phi) is 5.90. The fourth-order valence-electron chi connectivity index (χ4n) is 4.20. The van der Waals surface area contributed by atoms with Gasteiger partial charge in [-0.1, -0.05) is 0 Å². The normalized spacial score (nSPS) is 14.4. The van der Waals surface area contributed by atoms with Gasteiger partial charge in [0.15, 0.2) is 0 Å². The van der Waals surface area contributed by atoms with Gasteiger partial charge in [0.1, 0.15) is 16.6 Å². The number of anilines is 1. The number of rotatable bonds is 5. The topological polar surface area (TPSA) is 108 Å². The molecule has 0 fully saturated rings. The monoisotopic (exact) mass is 471 g/mol. The van der Waals surface area contributed by atoms with Gasteiger partial charge < -0.3 is 10.1 Å². The van der Waals surface area contributed by atoms with Crippen LogP contribution in [0.25, 0.3) is 10.9 Å². The lowest BCUT2D eigenvalue weighted by Gasteiger charge is -2.21. The van der Waals surface area contributed by atoms with Crippen LogP contribution in [0.15, 0.2) is 11.0 Å². The molecule has 0 radical (unpaired) electrons. The molecule has 0 saturated carbocycles. The van der Waals surface area contributed by atoms with Gasteiger partial charge in [-0.25, -0.2) is 9.48 Å². The summed E-state index contributed by atoms with van der Waals surface area (Å²) in [6, 6.07) is -0.893. The van der Waals surface area contributed by atoms with Crippen LogP contribution in [-0.2, 0) is 27.9 Å². The quantitative estimate of drug-likeness (QED) is 0.570. The molecule has 0 bridgehead atoms. The standard InChI is InChI=1S/C23H29N5O4S/c1-7-32-22(31)17-14-9-8-10-16(14)33-20(17)25-19(29)13(3)27-21(30)18-15(12(2)26-27)11-24-28(18)23(4,5)6/h11,13H,7-10H2,1-6H3,(H,25,29). The van der Waals surface area contributed by atoms with E-state index in [0.29, 0.717) is 27.2 Å². The molecule has 0 aromatic carbocycles. The Balaban J connectivity index is 1.71. The van der Waals surface area contributed by atoms with E-state index >= 15 is 0 Å². The van der Waals surface area contributed by atoms with Gasteiger partial charge in [-0.15, -0.1) is 11.3 Å². The smallest absolute Gasteiger partial charge is 0.341 e. The number of carbonyl (C=O) groups is 2. The number of hydrogen-bond acceptors (Lipinski definition) is 7. The van der Waals surface area contributed by atoms with Gasteiger partial charge in [-0.2, -0.15) is 10.2 Å². The van der Waals surface area contributed by atoms with Crippen molar-refractivity contribution < 1.29 is 14.3 Å². The molecule has 0 saturated heterocycles. The SMILES string of the molecule is CCOC(=O)c1c(NC(=O)C(C)n2nc(C)c3cnn(C(C)(C)C)c3c2=O)sc2c1CCC2. The van der Waals surface area contributed by atoms with E-state index < -0.39 is 23.5 Å². The van der Waals surface area contributed by atoms with Crippen LogP contribution >= 0.6 is 11.3 Å². The highest BCUT2D eigenvalue weighted by molar-refractivity contribution is 7.17. The number of amides is 1. The summed E-state index contributed by atoms with van der Waals surface area (Å²) >= 11 is 1.41. The van der Waals surface area contributed by atoms with E-state index in [1.54, 1.807) is 31.6 Å². The third-order valence-electron chi connectivity index (χ3n) is 5.85. The molecule has 3 aromatic rings. The number of fused-ring (bicyclic) bond motifs is 2. The van der Waals surface area contributed by atoms with Crippen molar-refractivity contribution in [3.8, 4) is 0 Å². The minimum Gasteiger partial charge on any atom is -0.462 e. The molecule has 1 amide bonds. The number of hydrogen-bond donors (Lipinski definition) is 1. The summed E-state index contributed by atoms with van der Waals surface area (Å²) in [6.07, 6.45) is 4.29. The number of esters is 1.